The van der Waals surface area contributed by atoms with E-state index in [-0.39, 0.29) is 23.5 Å². The van der Waals surface area contributed by atoms with Crippen LogP contribution in [-0.4, -0.2) is 81.5 Å². The number of benzene rings is 3. The lowest BCUT2D eigenvalue weighted by Gasteiger charge is -2.37. The average molecular weight is 640 g/mol. The number of carbonyl (C=O) groups is 2. The van der Waals surface area contributed by atoms with E-state index in [0.717, 1.165) is 24.1 Å². The van der Waals surface area contributed by atoms with Crippen molar-refractivity contribution in [2.24, 2.45) is 0 Å². The summed E-state index contributed by atoms with van der Waals surface area (Å²) >= 11 is 0. The molecule has 0 spiro atoms. The van der Waals surface area contributed by atoms with Gasteiger partial charge in [-0.05, 0) is 86.3 Å². The number of anilines is 2. The fourth-order valence-corrected chi connectivity index (χ4v) is 5.96. The minimum atomic E-state index is -3.29. The first kappa shape index (κ1) is 33.1. The molecule has 3 aromatic carbocycles. The van der Waals surface area contributed by atoms with Crippen molar-refractivity contribution in [3.8, 4) is 0 Å². The minimum absolute atomic E-state index is 0.0211. The number of nitrogens with one attached hydrogen (secondary N) is 2. The maximum Gasteiger partial charge on any atom is 0.316 e. The highest BCUT2D eigenvalue weighted by Crippen LogP contribution is 2.33. The molecule has 2 aliphatic heterocycles. The van der Waals surface area contributed by atoms with Crippen molar-refractivity contribution in [2.75, 3.05) is 56.2 Å². The molecule has 0 radical (unpaired) electrons. The summed E-state index contributed by atoms with van der Waals surface area (Å²) in [4.78, 5) is 32.2. The molecule has 0 saturated carbocycles. The molecule has 2 aliphatic rings. The molecular formula is C34H37F4N5O3. The number of aryl methyl sites for hydroxylation is 1. The Hall–Kier alpha value is -4.29. The van der Waals surface area contributed by atoms with Gasteiger partial charge in [-0.15, -0.1) is 0 Å². The summed E-state index contributed by atoms with van der Waals surface area (Å²) in [6.07, 6.45) is -2.44. The number of ether oxygens (including phenoxy) is 1. The number of piperazine rings is 1. The highest BCUT2D eigenvalue weighted by Gasteiger charge is 2.35. The Labute approximate surface area is 265 Å². The third-order valence-electron chi connectivity index (χ3n) is 8.47. The van der Waals surface area contributed by atoms with Crippen LogP contribution < -0.4 is 15.1 Å². The quantitative estimate of drug-likeness (QED) is 0.202. The molecule has 0 aromatic heterocycles. The lowest BCUT2D eigenvalue weighted by Crippen LogP contribution is -2.48. The van der Waals surface area contributed by atoms with Crippen LogP contribution >= 0.6 is 0 Å². The maximum atomic E-state index is 14.0. The molecule has 8 nitrogen and oxygen atoms in total. The molecule has 0 bridgehead atoms. The standard InChI is InChI=1S/C34H37F4N5O3/c1-21-3-4-22(15-23-16-24(35)19-25(36)17-23)18-29(21)32(39)40-33(44)28-6-5-27(42-11-9-41(2)10-12-42)20-30(28)43(34(45)31(37)38)26-7-13-46-14-8-26/h3-6,16-20,26,31H,7-15H2,1-2H3,(H2,39,40,44). The molecule has 46 heavy (non-hydrogen) atoms. The third-order valence-corrected chi connectivity index (χ3v) is 8.47. The lowest BCUT2D eigenvalue weighted by molar-refractivity contribution is -0.129. The van der Waals surface area contributed by atoms with Crippen molar-refractivity contribution >= 4 is 29.0 Å². The van der Waals surface area contributed by atoms with E-state index in [4.69, 9.17) is 10.1 Å². The van der Waals surface area contributed by atoms with Crippen LogP contribution in [0.1, 0.15) is 45.5 Å². The van der Waals surface area contributed by atoms with Crippen molar-refractivity contribution < 1.29 is 31.9 Å². The van der Waals surface area contributed by atoms with E-state index in [1.165, 1.54) is 18.2 Å². The maximum absolute atomic E-state index is 14.0. The first-order valence-corrected chi connectivity index (χ1v) is 15.2. The smallest absolute Gasteiger partial charge is 0.316 e. The number of alkyl halides is 2. The van der Waals surface area contributed by atoms with Gasteiger partial charge in [0.05, 0.1) is 11.3 Å². The number of likely N-dealkylation sites (N-methyl/N-ethyl adjacent to an activating group) is 1. The molecule has 0 atom stereocenters. The summed E-state index contributed by atoms with van der Waals surface area (Å²) in [7, 11) is 2.01. The minimum Gasteiger partial charge on any atom is -0.381 e. The van der Waals surface area contributed by atoms with Crippen LogP contribution in [0.3, 0.4) is 0 Å². The number of amidine groups is 1. The molecule has 244 valence electrons. The number of carbonyl (C=O) groups excluding carboxylic acids is 2. The predicted octanol–water partition coefficient (Wildman–Crippen LogP) is 5.15. The molecule has 2 saturated heterocycles. The van der Waals surface area contributed by atoms with Crippen LogP contribution in [0.15, 0.2) is 54.6 Å². The Balaban J connectivity index is 1.47. The fourth-order valence-electron chi connectivity index (χ4n) is 5.96. The normalized spacial score (nSPS) is 16.0. The van der Waals surface area contributed by atoms with Gasteiger partial charge >= 0.3 is 6.43 Å². The van der Waals surface area contributed by atoms with E-state index < -0.39 is 35.9 Å². The topological polar surface area (TPSA) is 89.0 Å². The summed E-state index contributed by atoms with van der Waals surface area (Å²) in [6.45, 7) is 5.29. The lowest BCUT2D eigenvalue weighted by atomic mass is 9.98. The first-order valence-electron chi connectivity index (χ1n) is 15.2. The molecule has 0 unspecified atom stereocenters. The second-order valence-corrected chi connectivity index (χ2v) is 11.8. The van der Waals surface area contributed by atoms with Crippen LogP contribution in [0.4, 0.5) is 28.9 Å². The van der Waals surface area contributed by atoms with E-state index in [2.05, 4.69) is 15.1 Å². The van der Waals surface area contributed by atoms with Crippen molar-refractivity contribution in [3.63, 3.8) is 0 Å². The zero-order valence-electron chi connectivity index (χ0n) is 25.8. The van der Waals surface area contributed by atoms with E-state index in [1.54, 1.807) is 37.3 Å². The van der Waals surface area contributed by atoms with Gasteiger partial charge in [0, 0.05) is 62.8 Å². The Bertz CT molecular complexity index is 1580. The molecular weight excluding hydrogens is 602 g/mol. The number of hydrogen-bond acceptors (Lipinski definition) is 6. The molecule has 2 amide bonds. The summed E-state index contributed by atoms with van der Waals surface area (Å²) < 4.78 is 61.0. The highest BCUT2D eigenvalue weighted by molar-refractivity contribution is 6.15. The van der Waals surface area contributed by atoms with Gasteiger partial charge < -0.3 is 24.8 Å². The second kappa shape index (κ2) is 14.4. The first-order chi connectivity index (χ1) is 22.0. The van der Waals surface area contributed by atoms with Crippen LogP contribution in [0.2, 0.25) is 0 Å². The molecule has 12 heteroatoms. The van der Waals surface area contributed by atoms with Gasteiger partial charge in [0.1, 0.15) is 17.5 Å². The van der Waals surface area contributed by atoms with Crippen LogP contribution in [0.5, 0.6) is 0 Å². The van der Waals surface area contributed by atoms with E-state index >= 15 is 0 Å². The van der Waals surface area contributed by atoms with E-state index in [1.807, 2.05) is 7.05 Å². The van der Waals surface area contributed by atoms with Gasteiger partial charge in [0.2, 0.25) is 0 Å². The number of halogens is 4. The van der Waals surface area contributed by atoms with Crippen molar-refractivity contribution in [3.05, 3.63) is 94.0 Å². The van der Waals surface area contributed by atoms with Crippen molar-refractivity contribution in [2.45, 2.75) is 38.7 Å². The number of amides is 2. The van der Waals surface area contributed by atoms with Gasteiger partial charge in [-0.25, -0.2) is 8.78 Å². The van der Waals surface area contributed by atoms with Crippen LogP contribution in [-0.2, 0) is 16.0 Å². The summed E-state index contributed by atoms with van der Waals surface area (Å²) in [6, 6.07) is 12.7. The largest absolute Gasteiger partial charge is 0.381 e. The molecule has 2 N–H and O–H groups in total. The second-order valence-electron chi connectivity index (χ2n) is 11.8. The molecule has 2 heterocycles. The summed E-state index contributed by atoms with van der Waals surface area (Å²) in [5.41, 5.74) is 2.85. The Morgan fingerprint density at radius 3 is 2.26 bits per heavy atom. The van der Waals surface area contributed by atoms with Crippen molar-refractivity contribution in [1.82, 2.24) is 10.2 Å². The van der Waals surface area contributed by atoms with E-state index in [0.29, 0.717) is 67.1 Å². The summed E-state index contributed by atoms with van der Waals surface area (Å²) in [5.74, 6) is -3.78. The Morgan fingerprint density at radius 2 is 1.61 bits per heavy atom. The molecule has 3 aromatic rings. The molecule has 5 rings (SSSR count). The zero-order chi connectivity index (χ0) is 33.0. The number of nitrogens with zero attached hydrogens (tertiary/aromatic N) is 3. The van der Waals surface area contributed by atoms with Gasteiger partial charge in [-0.1, -0.05) is 12.1 Å². The van der Waals surface area contributed by atoms with E-state index in [9.17, 15) is 27.2 Å². The number of rotatable bonds is 8. The Kier molecular flexibility index (Phi) is 10.4. The monoisotopic (exact) mass is 639 g/mol. The van der Waals surface area contributed by atoms with Gasteiger partial charge in [0.25, 0.3) is 11.8 Å². The fraction of sp³-hybridized carbons (Fsp3) is 0.382. The zero-order valence-corrected chi connectivity index (χ0v) is 25.8. The highest BCUT2D eigenvalue weighted by atomic mass is 19.3. The number of hydrogen-bond donors (Lipinski definition) is 2. The Morgan fingerprint density at radius 1 is 0.935 bits per heavy atom. The van der Waals surface area contributed by atoms with Gasteiger partial charge in [-0.3, -0.25) is 15.0 Å². The SMILES string of the molecule is Cc1ccc(Cc2cc(F)cc(F)c2)cc1C(=N)NC(=O)c1ccc(N2CCN(C)CC2)cc1N(C(=O)C(F)F)C1CCOCC1. The van der Waals surface area contributed by atoms with Gasteiger partial charge in [0.15, 0.2) is 0 Å². The molecule has 2 fully saturated rings. The summed E-state index contributed by atoms with van der Waals surface area (Å²) in [5, 5.41) is 11.3. The third kappa shape index (κ3) is 7.73. The van der Waals surface area contributed by atoms with Crippen molar-refractivity contribution in [1.29, 1.82) is 5.41 Å². The van der Waals surface area contributed by atoms with Crippen LogP contribution in [0, 0.1) is 24.0 Å². The predicted molar refractivity (Wildman–Crippen MR) is 168 cm³/mol. The van der Waals surface area contributed by atoms with Gasteiger partial charge in [-0.2, -0.15) is 8.78 Å². The molecule has 0 aliphatic carbocycles. The van der Waals surface area contributed by atoms with Crippen LogP contribution in [0.25, 0.3) is 0 Å². The average Bonchev–Trinajstić information content (AvgIpc) is 3.02.